The zero-order chi connectivity index (χ0) is 28.1. The van der Waals surface area contributed by atoms with Gasteiger partial charge in [-0.25, -0.2) is 4.99 Å². The highest BCUT2D eigenvalue weighted by Crippen LogP contribution is 2.33. The third-order valence-corrected chi connectivity index (χ3v) is 7.36. The van der Waals surface area contributed by atoms with Crippen molar-refractivity contribution < 1.29 is 19.6 Å². The number of aliphatic imine (C=N–C) groups is 1. The summed E-state index contributed by atoms with van der Waals surface area (Å²) in [5, 5.41) is 22.8. The fourth-order valence-electron chi connectivity index (χ4n) is 5.19. The maximum atomic E-state index is 12.0. The molecule has 0 aliphatic carbocycles. The summed E-state index contributed by atoms with van der Waals surface area (Å²) in [7, 11) is 0. The molecule has 0 atom stereocenters. The van der Waals surface area contributed by atoms with Gasteiger partial charge < -0.3 is 19.7 Å². The molecule has 0 bridgehead atoms. The SMILES string of the molecule is CCOC(=O)C1CCN(CCc2ccc(N=C(c3ccccc3)c3c(O)[nH]c4ccc([N+](=O)[O-])cc34)cc2)CC1. The van der Waals surface area contributed by atoms with E-state index in [0.717, 1.165) is 44.5 Å². The van der Waals surface area contributed by atoms with Crippen LogP contribution in [0.4, 0.5) is 11.4 Å². The monoisotopic (exact) mass is 540 g/mol. The molecule has 0 radical (unpaired) electrons. The molecule has 1 aromatic heterocycles. The lowest BCUT2D eigenvalue weighted by molar-refractivity contribution is -0.384. The molecule has 5 rings (SSSR count). The van der Waals surface area contributed by atoms with Crippen molar-refractivity contribution in [1.82, 2.24) is 9.88 Å². The molecule has 40 heavy (non-hydrogen) atoms. The van der Waals surface area contributed by atoms with Gasteiger partial charge in [-0.15, -0.1) is 0 Å². The van der Waals surface area contributed by atoms with Crippen LogP contribution in [0.5, 0.6) is 5.88 Å². The zero-order valence-corrected chi connectivity index (χ0v) is 22.4. The van der Waals surface area contributed by atoms with E-state index < -0.39 is 4.92 Å². The molecule has 9 heteroatoms. The highest BCUT2D eigenvalue weighted by molar-refractivity contribution is 6.22. The van der Waals surface area contributed by atoms with Crippen LogP contribution >= 0.6 is 0 Å². The topological polar surface area (TPSA) is 121 Å². The number of esters is 1. The summed E-state index contributed by atoms with van der Waals surface area (Å²) < 4.78 is 5.17. The van der Waals surface area contributed by atoms with Gasteiger partial charge in [0.1, 0.15) is 0 Å². The first-order valence-corrected chi connectivity index (χ1v) is 13.5. The summed E-state index contributed by atoms with van der Waals surface area (Å²) >= 11 is 0. The summed E-state index contributed by atoms with van der Waals surface area (Å²) in [5.41, 5.74) is 4.12. The van der Waals surface area contributed by atoms with E-state index >= 15 is 0 Å². The number of benzene rings is 3. The maximum Gasteiger partial charge on any atom is 0.309 e. The van der Waals surface area contributed by atoms with Gasteiger partial charge in [-0.3, -0.25) is 14.9 Å². The Bertz CT molecular complexity index is 1520. The number of carbonyl (C=O) groups excluding carboxylic acids is 1. The van der Waals surface area contributed by atoms with Gasteiger partial charge in [0.25, 0.3) is 5.69 Å². The minimum atomic E-state index is -0.450. The molecule has 3 aromatic carbocycles. The fourth-order valence-corrected chi connectivity index (χ4v) is 5.19. The van der Waals surface area contributed by atoms with Gasteiger partial charge in [0.15, 0.2) is 5.88 Å². The van der Waals surface area contributed by atoms with Crippen molar-refractivity contribution in [1.29, 1.82) is 0 Å². The average molecular weight is 541 g/mol. The third-order valence-electron chi connectivity index (χ3n) is 7.36. The van der Waals surface area contributed by atoms with Crippen molar-refractivity contribution in [2.45, 2.75) is 26.2 Å². The normalized spacial score (nSPS) is 14.9. The number of fused-ring (bicyclic) bond motifs is 1. The van der Waals surface area contributed by atoms with Gasteiger partial charge in [-0.05, 0) is 63.0 Å². The number of hydrogen-bond acceptors (Lipinski definition) is 7. The first-order valence-electron chi connectivity index (χ1n) is 13.5. The van der Waals surface area contributed by atoms with E-state index in [4.69, 9.17) is 9.73 Å². The molecule has 0 unspecified atom stereocenters. The quantitative estimate of drug-likeness (QED) is 0.120. The van der Waals surface area contributed by atoms with Crippen molar-refractivity contribution in [2.75, 3.05) is 26.2 Å². The van der Waals surface area contributed by atoms with Crippen LogP contribution in [0.25, 0.3) is 10.9 Å². The van der Waals surface area contributed by atoms with Crippen molar-refractivity contribution in [3.63, 3.8) is 0 Å². The molecule has 2 N–H and O–H groups in total. The molecule has 4 aromatic rings. The molecule has 1 fully saturated rings. The average Bonchev–Trinajstić information content (AvgIpc) is 3.31. The van der Waals surface area contributed by atoms with E-state index in [0.29, 0.717) is 34.5 Å². The molecule has 0 saturated carbocycles. The number of carbonyl (C=O) groups is 1. The Hall–Kier alpha value is -4.50. The van der Waals surface area contributed by atoms with E-state index in [1.807, 2.05) is 61.5 Å². The highest BCUT2D eigenvalue weighted by Gasteiger charge is 2.25. The molecular weight excluding hydrogens is 508 g/mol. The zero-order valence-electron chi connectivity index (χ0n) is 22.4. The van der Waals surface area contributed by atoms with Crippen LogP contribution in [-0.4, -0.2) is 57.8 Å². The van der Waals surface area contributed by atoms with Crippen LogP contribution in [0.1, 0.15) is 36.5 Å². The number of nitrogens with zero attached hydrogens (tertiary/aromatic N) is 3. The van der Waals surface area contributed by atoms with Crippen LogP contribution < -0.4 is 0 Å². The van der Waals surface area contributed by atoms with E-state index in [-0.39, 0.29) is 23.5 Å². The number of hydrogen-bond donors (Lipinski definition) is 2. The van der Waals surface area contributed by atoms with Gasteiger partial charge in [-0.2, -0.15) is 0 Å². The van der Waals surface area contributed by atoms with Gasteiger partial charge in [0.2, 0.25) is 0 Å². The van der Waals surface area contributed by atoms with Crippen molar-refractivity contribution in [2.24, 2.45) is 10.9 Å². The number of ether oxygens (including phenoxy) is 1. The summed E-state index contributed by atoms with van der Waals surface area (Å²) in [6.07, 6.45) is 2.55. The number of H-pyrrole nitrogens is 1. The Morgan fingerprint density at radius 2 is 1.82 bits per heavy atom. The lowest BCUT2D eigenvalue weighted by Crippen LogP contribution is -2.38. The first-order chi connectivity index (χ1) is 19.4. The van der Waals surface area contributed by atoms with Crippen molar-refractivity contribution in [3.8, 4) is 5.88 Å². The van der Waals surface area contributed by atoms with Crippen LogP contribution in [-0.2, 0) is 16.0 Å². The lowest BCUT2D eigenvalue weighted by atomic mass is 9.96. The first kappa shape index (κ1) is 27.1. The van der Waals surface area contributed by atoms with E-state index in [2.05, 4.69) is 9.88 Å². The van der Waals surface area contributed by atoms with E-state index in [9.17, 15) is 20.0 Å². The summed E-state index contributed by atoms with van der Waals surface area (Å²) in [6.45, 7) is 4.95. The standard InChI is InChI=1S/C31H32N4O5/c1-2-40-31(37)23-15-18-34(19-16-23)17-14-21-8-10-24(11-9-21)32-29(22-6-4-3-5-7-22)28-26-20-25(35(38)39)12-13-27(26)33-30(28)36/h3-13,20,23,33,36H,2,14-19H2,1H3. The van der Waals surface area contributed by atoms with Gasteiger partial charge >= 0.3 is 5.97 Å². The Morgan fingerprint density at radius 3 is 2.50 bits per heavy atom. The molecule has 2 heterocycles. The predicted molar refractivity (Wildman–Crippen MR) is 154 cm³/mol. The number of aromatic amines is 1. The molecule has 0 spiro atoms. The second kappa shape index (κ2) is 12.1. The summed E-state index contributed by atoms with van der Waals surface area (Å²) in [5.74, 6) is -0.163. The van der Waals surface area contributed by atoms with E-state index in [1.165, 1.54) is 17.7 Å². The molecule has 9 nitrogen and oxygen atoms in total. The van der Waals surface area contributed by atoms with Gasteiger partial charge in [-0.1, -0.05) is 42.5 Å². The lowest BCUT2D eigenvalue weighted by Gasteiger charge is -2.30. The Labute approximate surface area is 232 Å². The van der Waals surface area contributed by atoms with Crippen molar-refractivity contribution in [3.05, 3.63) is 99.6 Å². The summed E-state index contributed by atoms with van der Waals surface area (Å²) in [4.78, 5) is 33.2. The minimum absolute atomic E-state index is 0.00915. The Kier molecular flexibility index (Phi) is 8.21. The second-order valence-electron chi connectivity index (χ2n) is 9.95. The Balaban J connectivity index is 1.35. The fraction of sp³-hybridized carbons (Fsp3) is 0.290. The molecule has 1 aliphatic heterocycles. The number of piperidine rings is 1. The molecule has 0 amide bonds. The molecule has 1 saturated heterocycles. The molecule has 206 valence electrons. The number of likely N-dealkylation sites (tertiary alicyclic amines) is 1. The van der Waals surface area contributed by atoms with Crippen LogP contribution in [0.3, 0.4) is 0 Å². The highest BCUT2D eigenvalue weighted by atomic mass is 16.6. The van der Waals surface area contributed by atoms with Crippen LogP contribution in [0.2, 0.25) is 0 Å². The number of nitro groups is 1. The number of rotatable bonds is 9. The van der Waals surface area contributed by atoms with Crippen LogP contribution in [0, 0.1) is 16.0 Å². The smallest absolute Gasteiger partial charge is 0.309 e. The minimum Gasteiger partial charge on any atom is -0.494 e. The largest absolute Gasteiger partial charge is 0.494 e. The third kappa shape index (κ3) is 6.05. The molecule has 1 aliphatic rings. The van der Waals surface area contributed by atoms with Crippen molar-refractivity contribution >= 4 is 34.0 Å². The van der Waals surface area contributed by atoms with Gasteiger partial charge in [0.05, 0.1) is 34.4 Å². The number of aromatic hydroxyl groups is 1. The number of non-ortho nitro benzene ring substituents is 1. The second-order valence-corrected chi connectivity index (χ2v) is 9.95. The predicted octanol–water partition coefficient (Wildman–Crippen LogP) is 5.77. The molecular formula is C31H32N4O5. The van der Waals surface area contributed by atoms with E-state index in [1.54, 1.807) is 6.07 Å². The van der Waals surface area contributed by atoms with Crippen LogP contribution in [0.15, 0.2) is 77.8 Å². The summed E-state index contributed by atoms with van der Waals surface area (Å²) in [6, 6.07) is 21.9. The Morgan fingerprint density at radius 1 is 1.10 bits per heavy atom. The van der Waals surface area contributed by atoms with Gasteiger partial charge in [0, 0.05) is 35.1 Å². The number of aromatic nitrogens is 1. The number of nitro benzene ring substituents is 1. The maximum absolute atomic E-state index is 12.0. The number of nitrogens with one attached hydrogen (secondary N) is 1.